The average Bonchev–Trinajstić information content (AvgIpc) is 2.91. The Bertz CT molecular complexity index is 910. The second-order valence-corrected chi connectivity index (χ2v) is 7.12. The maximum atomic E-state index is 12.1. The van der Waals surface area contributed by atoms with Gasteiger partial charge < -0.3 is 15.0 Å². The van der Waals surface area contributed by atoms with Crippen LogP contribution < -0.4 is 5.32 Å². The van der Waals surface area contributed by atoms with Gasteiger partial charge >= 0.3 is 5.97 Å². The van der Waals surface area contributed by atoms with Crippen molar-refractivity contribution in [2.45, 2.75) is 26.7 Å². The minimum atomic E-state index is -0.477. The molecule has 0 saturated heterocycles. The van der Waals surface area contributed by atoms with Gasteiger partial charge in [0.25, 0.3) is 5.91 Å². The molecule has 2 rings (SSSR count). The highest BCUT2D eigenvalue weighted by Gasteiger charge is 2.17. The van der Waals surface area contributed by atoms with E-state index in [0.29, 0.717) is 17.1 Å². The third kappa shape index (κ3) is 6.32. The molecule has 0 radical (unpaired) electrons. The molecule has 0 aliphatic heterocycles. The number of rotatable bonds is 8. The van der Waals surface area contributed by atoms with E-state index in [2.05, 4.69) is 10.4 Å². The van der Waals surface area contributed by atoms with Gasteiger partial charge in [-0.05, 0) is 38.0 Å². The number of para-hydroxylation sites is 1. The van der Waals surface area contributed by atoms with Crippen molar-refractivity contribution in [2.24, 2.45) is 7.05 Å². The Morgan fingerprint density at radius 3 is 2.55 bits per heavy atom. The fraction of sp³-hybridized carbons (Fsp3) is 0.400. The van der Waals surface area contributed by atoms with Crippen molar-refractivity contribution in [1.82, 2.24) is 14.7 Å². The van der Waals surface area contributed by atoms with Crippen LogP contribution in [0.3, 0.4) is 0 Å². The second kappa shape index (κ2) is 10.1. The molecule has 1 N–H and O–H groups in total. The van der Waals surface area contributed by atoms with E-state index in [0.717, 1.165) is 17.0 Å². The summed E-state index contributed by atoms with van der Waals surface area (Å²) >= 11 is 5.99. The summed E-state index contributed by atoms with van der Waals surface area (Å²) in [6.45, 7) is 3.22. The number of anilines is 1. The number of hydrogen-bond donors (Lipinski definition) is 1. The summed E-state index contributed by atoms with van der Waals surface area (Å²) < 4.78 is 6.81. The molecule has 0 fully saturated rings. The molecule has 2 aromatic rings. The molecular weight excluding hydrogens is 396 g/mol. The van der Waals surface area contributed by atoms with E-state index in [1.807, 2.05) is 20.9 Å². The summed E-state index contributed by atoms with van der Waals surface area (Å²) in [7, 11) is 3.31. The normalized spacial score (nSPS) is 10.5. The molecule has 0 aliphatic carbocycles. The standard InChI is InChI=1S/C20H25ClN4O4/c1-13-15(14(2)25(4)23-13)9-10-20(28)29-12-19(27)24(3)11-18(26)22-17-8-6-5-7-16(17)21/h5-8H,9-12H2,1-4H3,(H,22,26). The number of amides is 2. The van der Waals surface area contributed by atoms with Crippen LogP contribution in [0.1, 0.15) is 23.4 Å². The van der Waals surface area contributed by atoms with Crippen LogP contribution in [0.5, 0.6) is 0 Å². The minimum Gasteiger partial charge on any atom is -0.456 e. The highest BCUT2D eigenvalue weighted by molar-refractivity contribution is 6.33. The molecule has 29 heavy (non-hydrogen) atoms. The van der Waals surface area contributed by atoms with Gasteiger partial charge in [0.15, 0.2) is 6.61 Å². The molecular formula is C20H25ClN4O4. The van der Waals surface area contributed by atoms with E-state index in [4.69, 9.17) is 16.3 Å². The van der Waals surface area contributed by atoms with Crippen molar-refractivity contribution >= 4 is 35.1 Å². The Hall–Kier alpha value is -2.87. The number of aryl methyl sites for hydroxylation is 2. The van der Waals surface area contributed by atoms with Crippen LogP contribution in [0.2, 0.25) is 5.02 Å². The number of hydrogen-bond acceptors (Lipinski definition) is 5. The lowest BCUT2D eigenvalue weighted by atomic mass is 10.1. The first-order valence-corrected chi connectivity index (χ1v) is 9.50. The molecule has 1 aromatic heterocycles. The Balaban J connectivity index is 1.75. The zero-order valence-corrected chi connectivity index (χ0v) is 17.7. The molecule has 156 valence electrons. The van der Waals surface area contributed by atoms with Crippen LogP contribution in [-0.4, -0.2) is 52.7 Å². The molecule has 8 nitrogen and oxygen atoms in total. The molecule has 0 spiro atoms. The van der Waals surface area contributed by atoms with Gasteiger partial charge in [0.2, 0.25) is 5.91 Å². The maximum Gasteiger partial charge on any atom is 0.306 e. The molecule has 0 bridgehead atoms. The average molecular weight is 421 g/mol. The van der Waals surface area contributed by atoms with Gasteiger partial charge in [-0.1, -0.05) is 23.7 Å². The largest absolute Gasteiger partial charge is 0.456 e. The first-order valence-electron chi connectivity index (χ1n) is 9.12. The van der Waals surface area contributed by atoms with E-state index < -0.39 is 24.4 Å². The first-order chi connectivity index (χ1) is 13.7. The smallest absolute Gasteiger partial charge is 0.306 e. The summed E-state index contributed by atoms with van der Waals surface area (Å²) in [6, 6.07) is 6.80. The zero-order chi connectivity index (χ0) is 21.6. The monoisotopic (exact) mass is 420 g/mol. The van der Waals surface area contributed by atoms with E-state index in [9.17, 15) is 14.4 Å². The fourth-order valence-corrected chi connectivity index (χ4v) is 2.97. The van der Waals surface area contributed by atoms with Crippen LogP contribution in [0.25, 0.3) is 0 Å². The fourth-order valence-electron chi connectivity index (χ4n) is 2.79. The van der Waals surface area contributed by atoms with Gasteiger partial charge in [-0.3, -0.25) is 19.1 Å². The van der Waals surface area contributed by atoms with E-state index in [1.165, 1.54) is 11.9 Å². The summed E-state index contributed by atoms with van der Waals surface area (Å²) in [5.41, 5.74) is 3.34. The van der Waals surface area contributed by atoms with Crippen molar-refractivity contribution in [1.29, 1.82) is 0 Å². The Labute approximate surface area is 174 Å². The molecule has 1 heterocycles. The van der Waals surface area contributed by atoms with Gasteiger partial charge in [0.05, 0.1) is 22.9 Å². The third-order valence-corrected chi connectivity index (χ3v) is 4.88. The van der Waals surface area contributed by atoms with Crippen molar-refractivity contribution in [3.63, 3.8) is 0 Å². The number of carbonyl (C=O) groups is 3. The maximum absolute atomic E-state index is 12.1. The number of ether oxygens (including phenoxy) is 1. The van der Waals surface area contributed by atoms with E-state index >= 15 is 0 Å². The van der Waals surface area contributed by atoms with Crippen LogP contribution in [-0.2, 0) is 32.6 Å². The lowest BCUT2D eigenvalue weighted by molar-refractivity contribution is -0.151. The number of nitrogens with one attached hydrogen (secondary N) is 1. The molecule has 0 unspecified atom stereocenters. The van der Waals surface area contributed by atoms with Gasteiger partial charge in [0, 0.05) is 26.2 Å². The van der Waals surface area contributed by atoms with Crippen LogP contribution in [0.15, 0.2) is 24.3 Å². The topological polar surface area (TPSA) is 93.5 Å². The predicted molar refractivity (Wildman–Crippen MR) is 110 cm³/mol. The van der Waals surface area contributed by atoms with E-state index in [1.54, 1.807) is 28.9 Å². The number of benzene rings is 1. The summed E-state index contributed by atoms with van der Waals surface area (Å²) in [5, 5.41) is 7.34. The summed E-state index contributed by atoms with van der Waals surface area (Å²) in [5.74, 6) is -1.35. The van der Waals surface area contributed by atoms with Gasteiger partial charge in [-0.25, -0.2) is 0 Å². The van der Waals surface area contributed by atoms with Gasteiger partial charge in [-0.2, -0.15) is 5.10 Å². The summed E-state index contributed by atoms with van der Waals surface area (Å²) in [6.07, 6.45) is 0.645. The minimum absolute atomic E-state index is 0.150. The van der Waals surface area contributed by atoms with Crippen molar-refractivity contribution in [3.8, 4) is 0 Å². The number of likely N-dealkylation sites (N-methyl/N-ethyl adjacent to an activating group) is 1. The second-order valence-electron chi connectivity index (χ2n) is 6.71. The van der Waals surface area contributed by atoms with Crippen LogP contribution >= 0.6 is 11.6 Å². The SMILES string of the molecule is Cc1nn(C)c(C)c1CCC(=O)OCC(=O)N(C)CC(=O)Nc1ccccc1Cl. The zero-order valence-electron chi connectivity index (χ0n) is 17.0. The Kier molecular flexibility index (Phi) is 7.78. The quantitative estimate of drug-likeness (QED) is 0.661. The van der Waals surface area contributed by atoms with Crippen LogP contribution in [0, 0.1) is 13.8 Å². The van der Waals surface area contributed by atoms with Crippen molar-refractivity contribution < 1.29 is 19.1 Å². The number of esters is 1. The molecule has 0 saturated carbocycles. The third-order valence-electron chi connectivity index (χ3n) is 4.55. The van der Waals surface area contributed by atoms with Crippen LogP contribution in [0.4, 0.5) is 5.69 Å². The first kappa shape index (κ1) is 22.4. The number of nitrogens with zero attached hydrogens (tertiary/aromatic N) is 3. The highest BCUT2D eigenvalue weighted by atomic mass is 35.5. The molecule has 0 aliphatic rings. The van der Waals surface area contributed by atoms with Crippen molar-refractivity contribution in [2.75, 3.05) is 25.5 Å². The Morgan fingerprint density at radius 1 is 1.24 bits per heavy atom. The van der Waals surface area contributed by atoms with Gasteiger partial charge in [0.1, 0.15) is 0 Å². The lowest BCUT2D eigenvalue weighted by Crippen LogP contribution is -2.37. The number of carbonyl (C=O) groups excluding carboxylic acids is 3. The number of halogens is 1. The van der Waals surface area contributed by atoms with Crippen molar-refractivity contribution in [3.05, 3.63) is 46.2 Å². The van der Waals surface area contributed by atoms with Gasteiger partial charge in [-0.15, -0.1) is 0 Å². The highest BCUT2D eigenvalue weighted by Crippen LogP contribution is 2.20. The summed E-state index contributed by atoms with van der Waals surface area (Å²) in [4.78, 5) is 37.3. The predicted octanol–water partition coefficient (Wildman–Crippen LogP) is 2.26. The van der Waals surface area contributed by atoms with E-state index in [-0.39, 0.29) is 13.0 Å². The molecule has 1 aromatic carbocycles. The Morgan fingerprint density at radius 2 is 1.93 bits per heavy atom. The molecule has 2 amide bonds. The molecule has 9 heteroatoms. The number of aromatic nitrogens is 2. The molecule has 0 atom stereocenters. The lowest BCUT2D eigenvalue weighted by Gasteiger charge is -2.17.